The van der Waals surface area contributed by atoms with Crippen LogP contribution in [0.25, 0.3) is 0 Å². The molecule has 14 heavy (non-hydrogen) atoms. The van der Waals surface area contributed by atoms with E-state index in [1.54, 1.807) is 6.08 Å². The molecule has 74 valence electrons. The predicted octanol–water partition coefficient (Wildman–Crippen LogP) is 1.24. The van der Waals surface area contributed by atoms with Gasteiger partial charge in [0.15, 0.2) is 5.78 Å². The van der Waals surface area contributed by atoms with Gasteiger partial charge in [0, 0.05) is 11.3 Å². The molecule has 0 spiro atoms. The van der Waals surface area contributed by atoms with Crippen molar-refractivity contribution in [3.63, 3.8) is 0 Å². The first kappa shape index (κ1) is 10.1. The van der Waals surface area contributed by atoms with Gasteiger partial charge in [-0.1, -0.05) is 12.7 Å². The summed E-state index contributed by atoms with van der Waals surface area (Å²) < 4.78 is 0. The predicted molar refractivity (Wildman–Crippen MR) is 52.5 cm³/mol. The maximum absolute atomic E-state index is 11.4. The molecule has 0 aromatic carbocycles. The second kappa shape index (κ2) is 3.83. The number of rotatable bonds is 2. The van der Waals surface area contributed by atoms with E-state index in [2.05, 4.69) is 6.58 Å². The number of carbonyl (C=O) groups excluding carboxylic acids is 1. The highest BCUT2D eigenvalue weighted by Gasteiger charge is 2.14. The van der Waals surface area contributed by atoms with E-state index in [1.165, 1.54) is 6.08 Å². The number of hydrogen-bond acceptors (Lipinski definition) is 4. The third kappa shape index (κ3) is 2.26. The van der Waals surface area contributed by atoms with E-state index in [4.69, 9.17) is 15.9 Å². The Morgan fingerprint density at radius 3 is 2.79 bits per heavy atom. The van der Waals surface area contributed by atoms with E-state index < -0.39 is 11.7 Å². The average Bonchev–Trinajstić information content (AvgIpc) is 2.08. The minimum atomic E-state index is -1.02. The summed E-state index contributed by atoms with van der Waals surface area (Å²) in [5.74, 6) is -1.53. The van der Waals surface area contributed by atoms with Gasteiger partial charge in [-0.05, 0) is 18.1 Å². The number of aliphatic hydroxyl groups is 2. The van der Waals surface area contributed by atoms with Crippen LogP contribution in [0.5, 0.6) is 0 Å². The zero-order valence-electron chi connectivity index (χ0n) is 7.53. The fraction of sp³-hybridized carbons (Fsp3) is 0.100. The van der Waals surface area contributed by atoms with Gasteiger partial charge in [0.05, 0.1) is 6.08 Å². The summed E-state index contributed by atoms with van der Waals surface area (Å²) in [6, 6.07) is 0. The lowest BCUT2D eigenvalue weighted by molar-refractivity contribution is -0.111. The fourth-order valence-corrected chi connectivity index (χ4v) is 1.12. The molecule has 4 N–H and O–H groups in total. The number of nitrogens with two attached hydrogens (primary N) is 1. The molecule has 0 aromatic heterocycles. The highest BCUT2D eigenvalue weighted by molar-refractivity contribution is 6.07. The molecule has 0 aliphatic heterocycles. The van der Waals surface area contributed by atoms with Crippen LogP contribution < -0.4 is 5.73 Å². The summed E-state index contributed by atoms with van der Waals surface area (Å²) in [6.07, 6.45) is 4.42. The Morgan fingerprint density at radius 1 is 1.57 bits per heavy atom. The second-order valence-corrected chi connectivity index (χ2v) is 2.94. The quantitative estimate of drug-likeness (QED) is 0.455. The molecule has 0 atom stereocenters. The van der Waals surface area contributed by atoms with Crippen LogP contribution in [0.3, 0.4) is 0 Å². The van der Waals surface area contributed by atoms with Gasteiger partial charge in [0.25, 0.3) is 5.95 Å². The molecular weight excluding hydrogens is 182 g/mol. The molecule has 0 saturated carbocycles. The topological polar surface area (TPSA) is 83.6 Å². The van der Waals surface area contributed by atoms with Gasteiger partial charge < -0.3 is 15.9 Å². The van der Waals surface area contributed by atoms with Crippen LogP contribution in [0.4, 0.5) is 0 Å². The first-order valence-corrected chi connectivity index (χ1v) is 4.00. The van der Waals surface area contributed by atoms with Gasteiger partial charge >= 0.3 is 0 Å². The average molecular weight is 193 g/mol. The Balaban J connectivity index is 2.97. The third-order valence-corrected chi connectivity index (χ3v) is 1.80. The Morgan fingerprint density at radius 2 is 2.21 bits per heavy atom. The van der Waals surface area contributed by atoms with E-state index in [0.29, 0.717) is 23.3 Å². The van der Waals surface area contributed by atoms with E-state index in [0.717, 1.165) is 6.08 Å². The van der Waals surface area contributed by atoms with Gasteiger partial charge in [-0.2, -0.15) is 0 Å². The van der Waals surface area contributed by atoms with Crippen LogP contribution in [0, 0.1) is 0 Å². The maximum Gasteiger partial charge on any atom is 0.278 e. The van der Waals surface area contributed by atoms with Crippen LogP contribution in [-0.4, -0.2) is 16.0 Å². The molecule has 0 radical (unpaired) electrons. The molecule has 0 amide bonds. The highest BCUT2D eigenvalue weighted by Crippen LogP contribution is 2.20. The Kier molecular flexibility index (Phi) is 2.76. The van der Waals surface area contributed by atoms with Crippen molar-refractivity contribution in [1.82, 2.24) is 0 Å². The van der Waals surface area contributed by atoms with Crippen molar-refractivity contribution in [2.24, 2.45) is 5.73 Å². The van der Waals surface area contributed by atoms with Crippen molar-refractivity contribution in [2.75, 3.05) is 0 Å². The van der Waals surface area contributed by atoms with Gasteiger partial charge in [-0.25, -0.2) is 0 Å². The van der Waals surface area contributed by atoms with Crippen LogP contribution in [0.15, 0.2) is 47.6 Å². The first-order chi connectivity index (χ1) is 6.50. The lowest BCUT2D eigenvalue weighted by Gasteiger charge is -2.11. The number of allylic oxidation sites excluding steroid dienone is 5. The number of aliphatic hydroxyl groups excluding tert-OH is 1. The van der Waals surface area contributed by atoms with Crippen LogP contribution in [0.1, 0.15) is 6.42 Å². The molecule has 0 bridgehead atoms. The third-order valence-electron chi connectivity index (χ3n) is 1.80. The van der Waals surface area contributed by atoms with Crippen LogP contribution in [-0.2, 0) is 4.79 Å². The number of hydrogen-bond donors (Lipinski definition) is 3. The van der Waals surface area contributed by atoms with Crippen molar-refractivity contribution in [1.29, 1.82) is 0 Å². The molecular formula is C10H11NO3. The minimum Gasteiger partial charge on any atom is -0.481 e. The summed E-state index contributed by atoms with van der Waals surface area (Å²) in [6.45, 7) is 3.68. The molecule has 1 rings (SSSR count). The van der Waals surface area contributed by atoms with Gasteiger partial charge in [-0.15, -0.1) is 0 Å². The fourth-order valence-electron chi connectivity index (χ4n) is 1.12. The Hall–Kier alpha value is -1.97. The van der Waals surface area contributed by atoms with Crippen molar-refractivity contribution in [2.45, 2.75) is 6.42 Å². The van der Waals surface area contributed by atoms with E-state index in [1.807, 2.05) is 0 Å². The number of carbonyl (C=O) groups is 1. The van der Waals surface area contributed by atoms with Gasteiger partial charge in [-0.3, -0.25) is 4.79 Å². The summed E-state index contributed by atoms with van der Waals surface area (Å²) in [5.41, 5.74) is 6.90. The Bertz CT molecular complexity index is 371. The summed E-state index contributed by atoms with van der Waals surface area (Å²) in [4.78, 5) is 11.4. The summed E-state index contributed by atoms with van der Waals surface area (Å²) in [5, 5.41) is 17.0. The van der Waals surface area contributed by atoms with E-state index in [-0.39, 0.29) is 0 Å². The molecule has 0 aromatic rings. The molecule has 4 nitrogen and oxygen atoms in total. The highest BCUT2D eigenvalue weighted by atomic mass is 16.5. The van der Waals surface area contributed by atoms with Crippen molar-refractivity contribution < 1.29 is 15.0 Å². The van der Waals surface area contributed by atoms with E-state index >= 15 is 0 Å². The standard InChI is InChI=1S/C10H11NO3/c1-6-2-3-7(11)4-8(6)9(12)5-10(13)14/h3-5,13-14H,1-2,11H2. The molecule has 4 heteroatoms. The molecule has 0 heterocycles. The molecule has 0 unspecified atom stereocenters. The molecule has 0 saturated heterocycles. The minimum absolute atomic E-state index is 0.311. The van der Waals surface area contributed by atoms with Gasteiger partial charge in [0.2, 0.25) is 0 Å². The Labute approximate surface area is 81.3 Å². The molecule has 0 fully saturated rings. The lowest BCUT2D eigenvalue weighted by Crippen LogP contribution is -2.09. The maximum atomic E-state index is 11.4. The van der Waals surface area contributed by atoms with Crippen molar-refractivity contribution in [3.8, 4) is 0 Å². The summed E-state index contributed by atoms with van der Waals surface area (Å²) >= 11 is 0. The second-order valence-electron chi connectivity index (χ2n) is 2.94. The van der Waals surface area contributed by atoms with E-state index in [9.17, 15) is 4.79 Å². The normalized spacial score (nSPS) is 15.6. The summed E-state index contributed by atoms with van der Waals surface area (Å²) in [7, 11) is 0. The van der Waals surface area contributed by atoms with Crippen LogP contribution >= 0.6 is 0 Å². The SMILES string of the molecule is C=C1CC=C(N)C=C1C(=O)C=C(O)O. The molecule has 1 aliphatic carbocycles. The van der Waals surface area contributed by atoms with Crippen molar-refractivity contribution in [3.05, 3.63) is 47.6 Å². The smallest absolute Gasteiger partial charge is 0.278 e. The molecule has 1 aliphatic rings. The van der Waals surface area contributed by atoms with Crippen molar-refractivity contribution >= 4 is 5.78 Å². The van der Waals surface area contributed by atoms with Crippen LogP contribution in [0.2, 0.25) is 0 Å². The number of ketones is 1. The first-order valence-electron chi connectivity index (χ1n) is 4.00. The zero-order chi connectivity index (χ0) is 10.7. The lowest BCUT2D eigenvalue weighted by atomic mass is 9.95. The monoisotopic (exact) mass is 193 g/mol. The van der Waals surface area contributed by atoms with Gasteiger partial charge in [0.1, 0.15) is 0 Å². The zero-order valence-corrected chi connectivity index (χ0v) is 7.53. The largest absolute Gasteiger partial charge is 0.481 e.